The molecular formula is C34H35F2N5O3. The summed E-state index contributed by atoms with van der Waals surface area (Å²) in [6, 6.07) is 18.8. The monoisotopic (exact) mass is 599 g/mol. The highest BCUT2D eigenvalue weighted by Crippen LogP contribution is 2.29. The number of halogens is 2. The van der Waals surface area contributed by atoms with E-state index in [1.807, 2.05) is 64.1 Å². The molecule has 0 radical (unpaired) electrons. The summed E-state index contributed by atoms with van der Waals surface area (Å²) in [7, 11) is 0. The van der Waals surface area contributed by atoms with E-state index >= 15 is 0 Å². The normalized spacial score (nSPS) is 11.0. The van der Waals surface area contributed by atoms with Crippen molar-refractivity contribution in [2.75, 3.05) is 0 Å². The summed E-state index contributed by atoms with van der Waals surface area (Å²) in [6.07, 6.45) is 3.63. The number of pyridine rings is 3. The molecule has 1 atom stereocenters. The summed E-state index contributed by atoms with van der Waals surface area (Å²) in [5, 5.41) is 3.85. The molecule has 5 aromatic rings. The molecule has 8 nitrogen and oxygen atoms in total. The van der Waals surface area contributed by atoms with Crippen LogP contribution in [0.4, 0.5) is 8.78 Å². The summed E-state index contributed by atoms with van der Waals surface area (Å²) in [6.45, 7) is 7.49. The van der Waals surface area contributed by atoms with Gasteiger partial charge in [0.25, 0.3) is 5.56 Å². The summed E-state index contributed by atoms with van der Waals surface area (Å²) in [5.41, 5.74) is 8.63. The summed E-state index contributed by atoms with van der Waals surface area (Å²) in [4.78, 5) is 43.7. The van der Waals surface area contributed by atoms with Gasteiger partial charge in [0.05, 0.1) is 17.3 Å². The highest BCUT2D eigenvalue weighted by atomic mass is 19.1. The average molecular weight is 600 g/mol. The minimum Gasteiger partial charge on any atom is -0.372 e. The predicted octanol–water partition coefficient (Wildman–Crippen LogP) is 5.58. The first-order valence-corrected chi connectivity index (χ1v) is 14.1. The van der Waals surface area contributed by atoms with Gasteiger partial charge in [-0.15, -0.1) is 0 Å². The van der Waals surface area contributed by atoms with Crippen molar-refractivity contribution in [3.8, 4) is 11.1 Å². The molecule has 0 saturated carbocycles. The zero-order chi connectivity index (χ0) is 32.2. The van der Waals surface area contributed by atoms with E-state index < -0.39 is 23.6 Å². The molecule has 228 valence electrons. The molecule has 3 aromatic heterocycles. The second kappa shape index (κ2) is 15.8. The molecule has 10 heteroatoms. The van der Waals surface area contributed by atoms with Crippen LogP contribution in [0, 0.1) is 25.5 Å². The van der Waals surface area contributed by atoms with E-state index in [2.05, 4.69) is 21.0 Å². The SMILES string of the molecule is CC.Cc1cc(-c2cccnc2C(Cc2cc(F)cc(F)c2)NC(=O)Cn2c(=O)cc(C)c3ccccc32)ccn1.NC=O. The minimum atomic E-state index is -0.740. The lowest BCUT2D eigenvalue weighted by atomic mass is 9.95. The van der Waals surface area contributed by atoms with Crippen LogP contribution < -0.4 is 16.6 Å². The molecule has 0 aliphatic rings. The first-order valence-electron chi connectivity index (χ1n) is 14.1. The second-order valence-electron chi connectivity index (χ2n) is 9.63. The van der Waals surface area contributed by atoms with Crippen molar-refractivity contribution in [2.24, 2.45) is 5.73 Å². The van der Waals surface area contributed by atoms with E-state index in [1.165, 1.54) is 22.8 Å². The Bertz CT molecular complexity index is 1790. The van der Waals surface area contributed by atoms with Crippen LogP contribution in [0.2, 0.25) is 0 Å². The zero-order valence-corrected chi connectivity index (χ0v) is 25.1. The number of nitrogens with zero attached hydrogens (tertiary/aromatic N) is 3. The lowest BCUT2D eigenvalue weighted by Crippen LogP contribution is -2.36. The highest BCUT2D eigenvalue weighted by molar-refractivity contribution is 5.84. The molecule has 0 spiro atoms. The fourth-order valence-corrected chi connectivity index (χ4v) is 4.88. The third-order valence-electron chi connectivity index (χ3n) is 6.60. The molecular weight excluding hydrogens is 564 g/mol. The van der Waals surface area contributed by atoms with Crippen LogP contribution in [0.15, 0.2) is 90.0 Å². The molecule has 5 rings (SSSR count). The number of hydrogen-bond acceptors (Lipinski definition) is 5. The van der Waals surface area contributed by atoms with Crippen LogP contribution in [-0.2, 0) is 22.6 Å². The maximum atomic E-state index is 14.1. The third kappa shape index (κ3) is 8.41. The van der Waals surface area contributed by atoms with E-state index in [-0.39, 0.29) is 24.9 Å². The number of amides is 2. The Morgan fingerprint density at radius 3 is 2.32 bits per heavy atom. The number of rotatable bonds is 7. The van der Waals surface area contributed by atoms with Crippen molar-refractivity contribution in [3.05, 3.63) is 130 Å². The summed E-state index contributed by atoms with van der Waals surface area (Å²) in [5.74, 6) is -1.85. The maximum Gasteiger partial charge on any atom is 0.251 e. The Balaban J connectivity index is 0.000000997. The number of aromatic nitrogens is 3. The van der Waals surface area contributed by atoms with Gasteiger partial charge in [-0.1, -0.05) is 38.1 Å². The van der Waals surface area contributed by atoms with Gasteiger partial charge in [0, 0.05) is 41.2 Å². The standard InChI is InChI=1S/C31H26F2N4O2.C2H6.CH3NO/c1-19-12-30(39)37(28-8-4-3-6-25(19)28)18-29(38)36-27(16-21-14-23(32)17-24(33)15-21)31-26(7-5-10-35-31)22-9-11-34-20(2)13-22;1-2;2-1-3/h3-15,17,27H,16,18H2,1-2H3,(H,36,38);1-2H3;1H,(H2,2,3). The number of fused-ring (bicyclic) bond motifs is 1. The lowest BCUT2D eigenvalue weighted by Gasteiger charge is -2.22. The number of carbonyl (C=O) groups excluding carboxylic acids is 2. The van der Waals surface area contributed by atoms with E-state index in [0.29, 0.717) is 16.8 Å². The Morgan fingerprint density at radius 2 is 1.64 bits per heavy atom. The van der Waals surface area contributed by atoms with Gasteiger partial charge in [-0.25, -0.2) is 8.78 Å². The number of aryl methyl sites for hydroxylation is 2. The smallest absolute Gasteiger partial charge is 0.251 e. The quantitative estimate of drug-likeness (QED) is 0.237. The van der Waals surface area contributed by atoms with Gasteiger partial charge < -0.3 is 11.1 Å². The number of nitrogens with one attached hydrogen (secondary N) is 1. The maximum absolute atomic E-state index is 14.1. The van der Waals surface area contributed by atoms with Gasteiger partial charge in [0.15, 0.2) is 0 Å². The summed E-state index contributed by atoms with van der Waals surface area (Å²) >= 11 is 0. The first-order chi connectivity index (χ1) is 21.2. The Kier molecular flexibility index (Phi) is 12.0. The van der Waals surface area contributed by atoms with Crippen LogP contribution >= 0.6 is 0 Å². The van der Waals surface area contributed by atoms with Gasteiger partial charge in [0.1, 0.15) is 18.2 Å². The van der Waals surface area contributed by atoms with Crippen LogP contribution in [0.3, 0.4) is 0 Å². The Hall–Kier alpha value is -5.25. The van der Waals surface area contributed by atoms with E-state index in [9.17, 15) is 18.4 Å². The van der Waals surface area contributed by atoms with Crippen LogP contribution in [0.25, 0.3) is 22.0 Å². The van der Waals surface area contributed by atoms with Gasteiger partial charge in [-0.2, -0.15) is 0 Å². The molecule has 2 amide bonds. The van der Waals surface area contributed by atoms with Crippen molar-refractivity contribution < 1.29 is 18.4 Å². The summed E-state index contributed by atoms with van der Waals surface area (Å²) < 4.78 is 29.5. The molecule has 0 bridgehead atoms. The molecule has 0 fully saturated rings. The van der Waals surface area contributed by atoms with Gasteiger partial charge in [-0.3, -0.25) is 28.9 Å². The average Bonchev–Trinajstić information content (AvgIpc) is 3.00. The van der Waals surface area contributed by atoms with Gasteiger partial charge >= 0.3 is 0 Å². The van der Waals surface area contributed by atoms with Crippen molar-refractivity contribution >= 4 is 23.2 Å². The van der Waals surface area contributed by atoms with Crippen LogP contribution in [-0.4, -0.2) is 26.9 Å². The largest absolute Gasteiger partial charge is 0.372 e. The van der Waals surface area contributed by atoms with E-state index in [0.717, 1.165) is 33.8 Å². The highest BCUT2D eigenvalue weighted by Gasteiger charge is 2.22. The molecule has 0 aliphatic carbocycles. The van der Waals surface area contributed by atoms with Crippen molar-refractivity contribution in [2.45, 2.75) is 46.7 Å². The zero-order valence-electron chi connectivity index (χ0n) is 25.1. The van der Waals surface area contributed by atoms with Crippen molar-refractivity contribution in [1.82, 2.24) is 19.9 Å². The number of benzene rings is 2. The number of carbonyl (C=O) groups is 2. The number of nitrogens with two attached hydrogens (primary N) is 1. The molecule has 3 heterocycles. The Morgan fingerprint density at radius 1 is 0.955 bits per heavy atom. The fraction of sp³-hybridized carbons (Fsp3) is 0.206. The van der Waals surface area contributed by atoms with Crippen molar-refractivity contribution in [1.29, 1.82) is 0 Å². The van der Waals surface area contributed by atoms with Gasteiger partial charge in [-0.05, 0) is 73.4 Å². The fourth-order valence-electron chi connectivity index (χ4n) is 4.88. The molecule has 44 heavy (non-hydrogen) atoms. The lowest BCUT2D eigenvalue weighted by molar-refractivity contribution is -0.122. The van der Waals surface area contributed by atoms with Gasteiger partial charge in [0.2, 0.25) is 12.3 Å². The minimum absolute atomic E-state index is 0.0814. The second-order valence-corrected chi connectivity index (χ2v) is 9.63. The molecule has 1 unspecified atom stereocenters. The van der Waals surface area contributed by atoms with Crippen LogP contribution in [0.1, 0.15) is 42.4 Å². The van der Waals surface area contributed by atoms with Crippen LogP contribution in [0.5, 0.6) is 0 Å². The number of para-hydroxylation sites is 1. The number of primary amides is 1. The predicted molar refractivity (Wildman–Crippen MR) is 168 cm³/mol. The van der Waals surface area contributed by atoms with E-state index in [4.69, 9.17) is 4.79 Å². The molecule has 0 saturated heterocycles. The topological polar surface area (TPSA) is 120 Å². The molecule has 3 N–H and O–H groups in total. The third-order valence-corrected chi connectivity index (χ3v) is 6.60. The molecule has 0 aliphatic heterocycles. The molecule has 2 aromatic carbocycles. The first kappa shape index (κ1) is 33.3. The Labute approximate surface area is 254 Å². The van der Waals surface area contributed by atoms with Crippen molar-refractivity contribution in [3.63, 3.8) is 0 Å². The van der Waals surface area contributed by atoms with E-state index in [1.54, 1.807) is 24.5 Å². The number of hydrogen-bond donors (Lipinski definition) is 2.